The zero-order valence-corrected chi connectivity index (χ0v) is 8.55. The summed E-state index contributed by atoms with van der Waals surface area (Å²) < 4.78 is 14.2. The third kappa shape index (κ3) is 1.69. The van der Waals surface area contributed by atoms with Crippen LogP contribution in [0.3, 0.4) is 0 Å². The van der Waals surface area contributed by atoms with E-state index in [-0.39, 0.29) is 0 Å². The molecule has 0 fully saturated rings. The Balaban J connectivity index is 4.42. The van der Waals surface area contributed by atoms with Crippen molar-refractivity contribution < 1.29 is 4.20 Å². The molecule has 0 aromatic heterocycles. The molecule has 0 N–H and O–H groups in total. The van der Waals surface area contributed by atoms with Crippen LogP contribution < -0.4 is 0 Å². The van der Waals surface area contributed by atoms with Crippen molar-refractivity contribution in [3.05, 3.63) is 0 Å². The zero-order chi connectivity index (χ0) is 8.28. The topological polar surface area (TPSA) is 0 Å². The molecule has 0 aliphatic heterocycles. The predicted octanol–water partition coefficient (Wildman–Crippen LogP) is 3.50. The van der Waals surface area contributed by atoms with E-state index in [0.717, 1.165) is 24.6 Å². The fourth-order valence-electron chi connectivity index (χ4n) is 1.34. The van der Waals surface area contributed by atoms with E-state index in [0.29, 0.717) is 0 Å². The van der Waals surface area contributed by atoms with Gasteiger partial charge in [-0.1, -0.05) is 0 Å². The SMILES string of the molecule is CCP(F)(CC)(CC)CC. The van der Waals surface area contributed by atoms with Gasteiger partial charge in [0.25, 0.3) is 0 Å². The quantitative estimate of drug-likeness (QED) is 0.561. The van der Waals surface area contributed by atoms with E-state index in [1.807, 2.05) is 27.7 Å². The molecule has 0 atom stereocenters. The van der Waals surface area contributed by atoms with Gasteiger partial charge in [-0.25, -0.2) is 0 Å². The Hall–Kier alpha value is 0.360. The minimum absolute atomic E-state index is 0.773. The molecular formula is C8H20FP. The van der Waals surface area contributed by atoms with Gasteiger partial charge in [-0.15, -0.1) is 0 Å². The molecule has 0 aliphatic rings. The van der Waals surface area contributed by atoms with Crippen LogP contribution in [0.1, 0.15) is 27.7 Å². The fraction of sp³-hybridized carbons (Fsp3) is 1.00. The molecule has 0 spiro atoms. The average molecular weight is 166 g/mol. The van der Waals surface area contributed by atoms with Crippen LogP contribution in [-0.2, 0) is 0 Å². The Morgan fingerprint density at radius 2 is 1.00 bits per heavy atom. The van der Waals surface area contributed by atoms with Crippen molar-refractivity contribution >= 4 is 6.91 Å². The number of hydrogen-bond acceptors (Lipinski definition) is 0. The van der Waals surface area contributed by atoms with Crippen molar-refractivity contribution in [2.45, 2.75) is 27.7 Å². The Bertz CT molecular complexity index is 84.3. The molecule has 0 aliphatic carbocycles. The summed E-state index contributed by atoms with van der Waals surface area (Å²) in [6, 6.07) is 0. The van der Waals surface area contributed by atoms with E-state index < -0.39 is 6.91 Å². The van der Waals surface area contributed by atoms with Crippen LogP contribution in [-0.4, -0.2) is 24.6 Å². The molecule has 0 rings (SSSR count). The van der Waals surface area contributed by atoms with Crippen LogP contribution in [0, 0.1) is 0 Å². The Kier molecular flexibility index (Phi) is 3.29. The van der Waals surface area contributed by atoms with Gasteiger partial charge in [-0.05, 0) is 0 Å². The van der Waals surface area contributed by atoms with Gasteiger partial charge in [-0.3, -0.25) is 0 Å². The van der Waals surface area contributed by atoms with Gasteiger partial charge in [0.2, 0.25) is 0 Å². The van der Waals surface area contributed by atoms with Gasteiger partial charge >= 0.3 is 63.5 Å². The average Bonchev–Trinajstić information content (AvgIpc) is 2.04. The molecule has 0 radical (unpaired) electrons. The van der Waals surface area contributed by atoms with Crippen LogP contribution in [0.25, 0.3) is 0 Å². The minimum atomic E-state index is -2.65. The summed E-state index contributed by atoms with van der Waals surface area (Å²) in [4.78, 5) is 0. The summed E-state index contributed by atoms with van der Waals surface area (Å²) in [6.07, 6.45) is 3.09. The second-order valence-electron chi connectivity index (χ2n) is 3.08. The first-order chi connectivity index (χ1) is 4.54. The number of rotatable bonds is 4. The molecule has 0 aromatic carbocycles. The van der Waals surface area contributed by atoms with Gasteiger partial charge in [-0.2, -0.15) is 0 Å². The molecule has 0 unspecified atom stereocenters. The van der Waals surface area contributed by atoms with Crippen LogP contribution in [0.2, 0.25) is 0 Å². The maximum absolute atomic E-state index is 14.2. The predicted molar refractivity (Wildman–Crippen MR) is 50.2 cm³/mol. The third-order valence-corrected chi connectivity index (χ3v) is 9.48. The van der Waals surface area contributed by atoms with Crippen molar-refractivity contribution in [3.63, 3.8) is 0 Å². The standard InChI is InChI=1S/C8H20FP/c1-5-10(9,6-2,7-3)8-4/h5-8H2,1-4H3. The summed E-state index contributed by atoms with van der Waals surface area (Å²) >= 11 is 0. The molecule has 0 nitrogen and oxygen atoms in total. The molecule has 0 aromatic rings. The van der Waals surface area contributed by atoms with E-state index in [1.165, 1.54) is 0 Å². The van der Waals surface area contributed by atoms with Crippen molar-refractivity contribution in [1.82, 2.24) is 0 Å². The summed E-state index contributed by atoms with van der Waals surface area (Å²) in [5.41, 5.74) is 0. The fourth-order valence-corrected chi connectivity index (χ4v) is 4.02. The van der Waals surface area contributed by atoms with E-state index in [4.69, 9.17) is 0 Å². The van der Waals surface area contributed by atoms with Gasteiger partial charge in [0.05, 0.1) is 0 Å². The van der Waals surface area contributed by atoms with Gasteiger partial charge in [0, 0.05) is 0 Å². The van der Waals surface area contributed by atoms with Crippen molar-refractivity contribution in [3.8, 4) is 0 Å². The van der Waals surface area contributed by atoms with Crippen LogP contribution in [0.5, 0.6) is 0 Å². The molecule has 10 heavy (non-hydrogen) atoms. The molecule has 64 valence electrons. The first-order valence-corrected chi connectivity index (χ1v) is 7.13. The second-order valence-corrected chi connectivity index (χ2v) is 9.25. The Morgan fingerprint density at radius 3 is 1.00 bits per heavy atom. The van der Waals surface area contributed by atoms with E-state index >= 15 is 0 Å². The zero-order valence-electron chi connectivity index (χ0n) is 7.65. The van der Waals surface area contributed by atoms with Crippen molar-refractivity contribution in [2.75, 3.05) is 24.6 Å². The summed E-state index contributed by atoms with van der Waals surface area (Å²) in [5, 5.41) is 0. The van der Waals surface area contributed by atoms with Crippen LogP contribution in [0.4, 0.5) is 4.20 Å². The molecule has 0 saturated heterocycles. The molecule has 0 heterocycles. The second kappa shape index (κ2) is 3.17. The van der Waals surface area contributed by atoms with Crippen molar-refractivity contribution in [2.24, 2.45) is 0 Å². The summed E-state index contributed by atoms with van der Waals surface area (Å²) in [5.74, 6) is 0. The first kappa shape index (κ1) is 10.4. The van der Waals surface area contributed by atoms with Crippen molar-refractivity contribution in [1.29, 1.82) is 0 Å². The Morgan fingerprint density at radius 1 is 0.800 bits per heavy atom. The van der Waals surface area contributed by atoms with E-state index in [2.05, 4.69) is 0 Å². The van der Waals surface area contributed by atoms with Gasteiger partial charge < -0.3 is 0 Å². The molecule has 0 amide bonds. The normalized spacial score (nSPS) is 16.3. The van der Waals surface area contributed by atoms with Gasteiger partial charge in [0.15, 0.2) is 0 Å². The van der Waals surface area contributed by atoms with Gasteiger partial charge in [0.1, 0.15) is 0 Å². The molecule has 2 heteroatoms. The molecular weight excluding hydrogens is 146 g/mol. The number of hydrogen-bond donors (Lipinski definition) is 0. The molecule has 0 saturated carbocycles. The van der Waals surface area contributed by atoms with E-state index in [1.54, 1.807) is 0 Å². The van der Waals surface area contributed by atoms with Crippen LogP contribution >= 0.6 is 6.91 Å². The van der Waals surface area contributed by atoms with E-state index in [9.17, 15) is 4.20 Å². The molecule has 0 bridgehead atoms. The van der Waals surface area contributed by atoms with Crippen LogP contribution in [0.15, 0.2) is 0 Å². The number of halogens is 1. The Labute approximate surface area is 64.3 Å². The summed E-state index contributed by atoms with van der Waals surface area (Å²) in [6.45, 7) is 5.32. The third-order valence-electron chi connectivity index (χ3n) is 3.16. The summed E-state index contributed by atoms with van der Waals surface area (Å²) in [7, 11) is 0. The maximum atomic E-state index is 14.2. The monoisotopic (exact) mass is 166 g/mol. The first-order valence-electron chi connectivity index (χ1n) is 4.26.